The highest BCUT2D eigenvalue weighted by Gasteiger charge is 2.39. The molecule has 3 aliphatic heterocycles. The van der Waals surface area contributed by atoms with Gasteiger partial charge in [0.25, 0.3) is 0 Å². The van der Waals surface area contributed by atoms with Gasteiger partial charge in [0, 0.05) is 45.0 Å². The van der Waals surface area contributed by atoms with Crippen LogP contribution < -0.4 is 0 Å². The molecule has 0 aromatic carbocycles. The Labute approximate surface area is 156 Å². The summed E-state index contributed by atoms with van der Waals surface area (Å²) in [6.45, 7) is 6.69. The number of carbonyl (C=O) groups excluding carboxylic acids is 1. The van der Waals surface area contributed by atoms with E-state index >= 15 is 0 Å². The van der Waals surface area contributed by atoms with E-state index in [4.69, 9.17) is 4.74 Å². The summed E-state index contributed by atoms with van der Waals surface area (Å²) in [5.41, 5.74) is 1.63. The summed E-state index contributed by atoms with van der Waals surface area (Å²) in [5, 5.41) is 0. The summed E-state index contributed by atoms with van der Waals surface area (Å²) >= 11 is 0. The number of hydrogen-bond acceptors (Lipinski definition) is 4. The van der Waals surface area contributed by atoms with E-state index in [0.29, 0.717) is 11.3 Å². The summed E-state index contributed by atoms with van der Waals surface area (Å²) in [5.74, 6) is 0.591. The molecule has 26 heavy (non-hydrogen) atoms. The van der Waals surface area contributed by atoms with Crippen LogP contribution in [-0.2, 0) is 16.1 Å². The molecule has 142 valence electrons. The average Bonchev–Trinajstić information content (AvgIpc) is 2.71. The minimum Gasteiger partial charge on any atom is -0.381 e. The smallest absolute Gasteiger partial charge is 0.225 e. The van der Waals surface area contributed by atoms with Gasteiger partial charge in [-0.3, -0.25) is 14.7 Å². The topological polar surface area (TPSA) is 45.7 Å². The first-order valence-corrected chi connectivity index (χ1v) is 10.2. The van der Waals surface area contributed by atoms with E-state index in [1.54, 1.807) is 0 Å². The van der Waals surface area contributed by atoms with Crippen LogP contribution in [-0.4, -0.2) is 60.1 Å². The lowest BCUT2D eigenvalue weighted by Gasteiger charge is -2.47. The fourth-order valence-electron chi connectivity index (χ4n) is 4.81. The fraction of sp³-hybridized carbons (Fsp3) is 0.714. The molecule has 3 aliphatic rings. The average molecular weight is 357 g/mol. The van der Waals surface area contributed by atoms with Crippen LogP contribution in [0.4, 0.5) is 0 Å². The number of carbonyl (C=O) groups is 1. The van der Waals surface area contributed by atoms with Gasteiger partial charge in [0.2, 0.25) is 5.91 Å². The molecule has 5 nitrogen and oxygen atoms in total. The van der Waals surface area contributed by atoms with Gasteiger partial charge in [-0.15, -0.1) is 0 Å². The molecule has 5 heteroatoms. The molecule has 1 amide bonds. The third-order valence-corrected chi connectivity index (χ3v) is 6.73. The summed E-state index contributed by atoms with van der Waals surface area (Å²) < 4.78 is 5.40. The van der Waals surface area contributed by atoms with Gasteiger partial charge in [0.05, 0.1) is 5.69 Å². The predicted molar refractivity (Wildman–Crippen MR) is 101 cm³/mol. The standard InChI is InChI=1S/C21H31N3O2/c25-20(18-4-15-26-16-5-18)24-13-8-21(9-14-24)6-11-23(12-7-21)17-19-3-1-2-10-22-19/h1-3,10,18H,4-9,11-17H2. The number of pyridine rings is 1. The van der Waals surface area contributed by atoms with Gasteiger partial charge in [-0.1, -0.05) is 6.07 Å². The maximum Gasteiger partial charge on any atom is 0.225 e. The Hall–Kier alpha value is -1.46. The van der Waals surface area contributed by atoms with Gasteiger partial charge in [-0.05, 0) is 69.2 Å². The van der Waals surface area contributed by atoms with Crippen LogP contribution in [0.3, 0.4) is 0 Å². The molecule has 0 N–H and O–H groups in total. The molecule has 3 fully saturated rings. The fourth-order valence-corrected chi connectivity index (χ4v) is 4.81. The van der Waals surface area contributed by atoms with Crippen molar-refractivity contribution >= 4 is 5.91 Å². The number of rotatable bonds is 3. The largest absolute Gasteiger partial charge is 0.381 e. The minimum absolute atomic E-state index is 0.206. The SMILES string of the molecule is O=C(C1CCOCC1)N1CCC2(CCN(Cc3ccccn3)CC2)CC1. The predicted octanol–water partition coefficient (Wildman–Crippen LogP) is 2.71. The molecule has 1 spiro atoms. The third kappa shape index (κ3) is 4.09. The zero-order chi connectivity index (χ0) is 17.8. The van der Waals surface area contributed by atoms with Crippen LogP contribution in [0.25, 0.3) is 0 Å². The Kier molecular flexibility index (Phi) is 5.55. The minimum atomic E-state index is 0.206. The number of hydrogen-bond donors (Lipinski definition) is 0. The van der Waals surface area contributed by atoms with Crippen molar-refractivity contribution < 1.29 is 9.53 Å². The molecule has 0 atom stereocenters. The molecule has 1 aromatic rings. The number of nitrogens with zero attached hydrogens (tertiary/aromatic N) is 3. The van der Waals surface area contributed by atoms with Gasteiger partial charge in [0.15, 0.2) is 0 Å². The molecule has 0 unspecified atom stereocenters. The molecule has 1 aromatic heterocycles. The second-order valence-corrected chi connectivity index (χ2v) is 8.31. The van der Waals surface area contributed by atoms with Crippen molar-refractivity contribution in [1.29, 1.82) is 0 Å². The number of amides is 1. The molecule has 0 saturated carbocycles. The monoisotopic (exact) mass is 357 g/mol. The van der Waals surface area contributed by atoms with Gasteiger partial charge >= 0.3 is 0 Å². The number of ether oxygens (including phenoxy) is 1. The molecule has 3 saturated heterocycles. The van der Waals surface area contributed by atoms with E-state index in [0.717, 1.165) is 58.8 Å². The van der Waals surface area contributed by atoms with E-state index in [9.17, 15) is 4.79 Å². The highest BCUT2D eigenvalue weighted by molar-refractivity contribution is 5.79. The molecule has 0 aliphatic carbocycles. The van der Waals surface area contributed by atoms with E-state index in [2.05, 4.69) is 26.9 Å². The first kappa shape index (κ1) is 17.9. The number of piperidine rings is 2. The molecule has 0 radical (unpaired) electrons. The van der Waals surface area contributed by atoms with Crippen LogP contribution in [0.5, 0.6) is 0 Å². The molecule has 4 heterocycles. The van der Waals surface area contributed by atoms with Crippen molar-refractivity contribution in [1.82, 2.24) is 14.8 Å². The van der Waals surface area contributed by atoms with E-state index in [1.807, 2.05) is 12.3 Å². The van der Waals surface area contributed by atoms with Crippen molar-refractivity contribution in [2.75, 3.05) is 39.4 Å². The molecule has 0 bridgehead atoms. The summed E-state index contributed by atoms with van der Waals surface area (Å²) in [6.07, 6.45) is 8.58. The lowest BCUT2D eigenvalue weighted by Crippen LogP contribution is -2.49. The lowest BCUT2D eigenvalue weighted by atomic mass is 9.71. The quantitative estimate of drug-likeness (QED) is 0.834. The number of aromatic nitrogens is 1. The lowest BCUT2D eigenvalue weighted by molar-refractivity contribution is -0.141. The van der Waals surface area contributed by atoms with Gasteiger partial charge in [-0.2, -0.15) is 0 Å². The summed E-state index contributed by atoms with van der Waals surface area (Å²) in [7, 11) is 0. The Morgan fingerprint density at radius 3 is 2.42 bits per heavy atom. The van der Waals surface area contributed by atoms with Crippen LogP contribution in [0.15, 0.2) is 24.4 Å². The van der Waals surface area contributed by atoms with Crippen molar-refractivity contribution in [3.63, 3.8) is 0 Å². The zero-order valence-corrected chi connectivity index (χ0v) is 15.7. The van der Waals surface area contributed by atoms with Gasteiger partial charge in [-0.25, -0.2) is 0 Å². The Balaban J connectivity index is 1.25. The summed E-state index contributed by atoms with van der Waals surface area (Å²) in [4.78, 5) is 21.9. The van der Waals surface area contributed by atoms with Crippen molar-refractivity contribution in [3.05, 3.63) is 30.1 Å². The van der Waals surface area contributed by atoms with Crippen LogP contribution in [0.2, 0.25) is 0 Å². The van der Waals surface area contributed by atoms with E-state index < -0.39 is 0 Å². The van der Waals surface area contributed by atoms with E-state index in [-0.39, 0.29) is 5.92 Å². The zero-order valence-electron chi connectivity index (χ0n) is 15.7. The van der Waals surface area contributed by atoms with Crippen LogP contribution in [0, 0.1) is 11.3 Å². The highest BCUT2D eigenvalue weighted by atomic mass is 16.5. The molecule has 4 rings (SSSR count). The first-order chi connectivity index (χ1) is 12.7. The van der Waals surface area contributed by atoms with E-state index in [1.165, 1.54) is 31.4 Å². The number of likely N-dealkylation sites (tertiary alicyclic amines) is 2. The van der Waals surface area contributed by atoms with Crippen LogP contribution >= 0.6 is 0 Å². The van der Waals surface area contributed by atoms with Crippen molar-refractivity contribution in [2.24, 2.45) is 11.3 Å². The van der Waals surface area contributed by atoms with Crippen LogP contribution in [0.1, 0.15) is 44.2 Å². The highest BCUT2D eigenvalue weighted by Crippen LogP contribution is 2.41. The van der Waals surface area contributed by atoms with Gasteiger partial charge < -0.3 is 9.64 Å². The van der Waals surface area contributed by atoms with Crippen molar-refractivity contribution in [3.8, 4) is 0 Å². The normalized spacial score (nSPS) is 24.7. The third-order valence-electron chi connectivity index (χ3n) is 6.73. The Bertz CT molecular complexity index is 583. The second-order valence-electron chi connectivity index (χ2n) is 8.31. The Morgan fingerprint density at radius 1 is 1.08 bits per heavy atom. The second kappa shape index (κ2) is 8.05. The van der Waals surface area contributed by atoms with Crippen molar-refractivity contribution in [2.45, 2.75) is 45.1 Å². The maximum atomic E-state index is 12.7. The summed E-state index contributed by atoms with van der Waals surface area (Å²) in [6, 6.07) is 6.16. The maximum absolute atomic E-state index is 12.7. The Morgan fingerprint density at radius 2 is 1.77 bits per heavy atom. The first-order valence-electron chi connectivity index (χ1n) is 10.2. The molecular weight excluding hydrogens is 326 g/mol. The molecular formula is C21H31N3O2. The van der Waals surface area contributed by atoms with Gasteiger partial charge in [0.1, 0.15) is 0 Å².